The van der Waals surface area contributed by atoms with Crippen molar-refractivity contribution in [2.24, 2.45) is 0 Å². The maximum absolute atomic E-state index is 13.5. The van der Waals surface area contributed by atoms with Gasteiger partial charge < -0.3 is 10.2 Å². The zero-order valence-electron chi connectivity index (χ0n) is 14.2. The predicted molar refractivity (Wildman–Crippen MR) is 90.1 cm³/mol. The minimum absolute atomic E-state index is 0.0823. The molecule has 1 fully saturated rings. The van der Waals surface area contributed by atoms with E-state index in [9.17, 15) is 23.6 Å². The molecule has 8 nitrogen and oxygen atoms in total. The smallest absolute Gasteiger partial charge is 0.257 e. The number of carbonyl (C=O) groups is 4. The van der Waals surface area contributed by atoms with Gasteiger partial charge in [-0.3, -0.25) is 30.0 Å². The topological polar surface area (TPSA) is 108 Å². The minimum atomic E-state index is -0.736. The molecule has 0 spiro atoms. The lowest BCUT2D eigenvalue weighted by atomic mass is 10.2. The summed E-state index contributed by atoms with van der Waals surface area (Å²) in [6.45, 7) is -0.0598. The lowest BCUT2D eigenvalue weighted by Gasteiger charge is -2.19. The van der Waals surface area contributed by atoms with Crippen molar-refractivity contribution in [1.29, 1.82) is 0 Å². The van der Waals surface area contributed by atoms with Crippen LogP contribution in [-0.4, -0.2) is 48.2 Å². The molecule has 9 heteroatoms. The molecule has 0 bridgehead atoms. The number of nitrogens with one attached hydrogen (secondary N) is 3. The number of carbonyl (C=O) groups excluding carboxylic acids is 4. The van der Waals surface area contributed by atoms with Crippen molar-refractivity contribution >= 4 is 23.6 Å². The van der Waals surface area contributed by atoms with Crippen LogP contribution >= 0.6 is 0 Å². The molecule has 3 N–H and O–H groups in total. The quantitative estimate of drug-likeness (QED) is 0.644. The number of halogens is 1. The SMILES string of the molecule is O=C(CNC(=O)c1ccccc1F)NNC(=O)CN1CCCCCC1=O. The van der Waals surface area contributed by atoms with Crippen LogP contribution in [0.4, 0.5) is 4.39 Å². The van der Waals surface area contributed by atoms with Crippen LogP contribution in [0.2, 0.25) is 0 Å². The molecule has 4 amide bonds. The second kappa shape index (κ2) is 9.50. The summed E-state index contributed by atoms with van der Waals surface area (Å²) in [7, 11) is 0. The Hall–Kier alpha value is -2.97. The van der Waals surface area contributed by atoms with Crippen molar-refractivity contribution in [3.63, 3.8) is 0 Å². The van der Waals surface area contributed by atoms with Gasteiger partial charge in [-0.05, 0) is 25.0 Å². The summed E-state index contributed by atoms with van der Waals surface area (Å²) in [4.78, 5) is 48.5. The van der Waals surface area contributed by atoms with Gasteiger partial charge in [0, 0.05) is 13.0 Å². The van der Waals surface area contributed by atoms with E-state index in [-0.39, 0.29) is 18.0 Å². The van der Waals surface area contributed by atoms with E-state index in [0.717, 1.165) is 25.3 Å². The summed E-state index contributed by atoms with van der Waals surface area (Å²) in [5.74, 6) is -2.72. The molecule has 0 saturated carbocycles. The molecule has 0 unspecified atom stereocenters. The molecule has 140 valence electrons. The average molecular weight is 364 g/mol. The third-order valence-electron chi connectivity index (χ3n) is 3.88. The molecule has 0 aromatic heterocycles. The Kier molecular flexibility index (Phi) is 7.07. The molecule has 0 atom stereocenters. The number of hydrogen-bond donors (Lipinski definition) is 3. The molecule has 2 rings (SSSR count). The fraction of sp³-hybridized carbons (Fsp3) is 0.412. The van der Waals surface area contributed by atoms with E-state index in [4.69, 9.17) is 0 Å². The predicted octanol–water partition coefficient (Wildman–Crippen LogP) is 0.105. The van der Waals surface area contributed by atoms with E-state index in [1.54, 1.807) is 0 Å². The summed E-state index contributed by atoms with van der Waals surface area (Å²) in [6.07, 6.45) is 3.02. The second-order valence-corrected chi connectivity index (χ2v) is 5.88. The maximum atomic E-state index is 13.5. The summed E-state index contributed by atoms with van der Waals surface area (Å²) in [5, 5.41) is 2.25. The van der Waals surface area contributed by atoms with Crippen LogP contribution in [0.1, 0.15) is 36.0 Å². The van der Waals surface area contributed by atoms with Crippen LogP contribution in [0.15, 0.2) is 24.3 Å². The summed E-state index contributed by atoms with van der Waals surface area (Å²) >= 11 is 0. The molecule has 1 aliphatic heterocycles. The van der Waals surface area contributed by atoms with Gasteiger partial charge in [-0.25, -0.2) is 4.39 Å². The first-order valence-corrected chi connectivity index (χ1v) is 8.35. The van der Waals surface area contributed by atoms with Crippen molar-refractivity contribution < 1.29 is 23.6 Å². The lowest BCUT2D eigenvalue weighted by molar-refractivity contribution is -0.136. The number of rotatable bonds is 5. The molecule has 1 aromatic rings. The number of nitrogens with zero attached hydrogens (tertiary/aromatic N) is 1. The highest BCUT2D eigenvalue weighted by atomic mass is 19.1. The highest BCUT2D eigenvalue weighted by Crippen LogP contribution is 2.10. The van der Waals surface area contributed by atoms with Gasteiger partial charge in [0.15, 0.2) is 0 Å². The second-order valence-electron chi connectivity index (χ2n) is 5.88. The van der Waals surface area contributed by atoms with Crippen molar-refractivity contribution in [3.05, 3.63) is 35.6 Å². The maximum Gasteiger partial charge on any atom is 0.257 e. The summed E-state index contributed by atoms with van der Waals surface area (Å²) in [6, 6.07) is 5.38. The fourth-order valence-electron chi connectivity index (χ4n) is 2.50. The number of benzene rings is 1. The summed E-state index contributed by atoms with van der Waals surface area (Å²) < 4.78 is 13.5. The van der Waals surface area contributed by atoms with Crippen LogP contribution in [-0.2, 0) is 14.4 Å². The highest BCUT2D eigenvalue weighted by Gasteiger charge is 2.19. The van der Waals surface area contributed by atoms with Gasteiger partial charge in [0.2, 0.25) is 5.91 Å². The van der Waals surface area contributed by atoms with Crippen molar-refractivity contribution in [2.45, 2.75) is 25.7 Å². The first-order chi connectivity index (χ1) is 12.5. The standard InChI is InChI=1S/C17H21FN4O4/c18-13-7-4-3-6-12(13)17(26)19-10-14(23)20-21-15(24)11-22-9-5-1-2-8-16(22)25/h3-4,6-7H,1-2,5,8-11H2,(H,19,26)(H,20,23)(H,21,24). The molecule has 1 heterocycles. The van der Waals surface area contributed by atoms with E-state index >= 15 is 0 Å². The lowest BCUT2D eigenvalue weighted by Crippen LogP contribution is -2.50. The van der Waals surface area contributed by atoms with Crippen molar-refractivity contribution in [3.8, 4) is 0 Å². The first kappa shape index (κ1) is 19.4. The van der Waals surface area contributed by atoms with Crippen LogP contribution in [0, 0.1) is 5.82 Å². The number of amides is 4. The Morgan fingerprint density at radius 3 is 2.54 bits per heavy atom. The van der Waals surface area contributed by atoms with Gasteiger partial charge in [-0.15, -0.1) is 0 Å². The molecule has 26 heavy (non-hydrogen) atoms. The van der Waals surface area contributed by atoms with E-state index in [1.165, 1.54) is 23.1 Å². The van der Waals surface area contributed by atoms with Gasteiger partial charge in [0.05, 0.1) is 12.1 Å². The van der Waals surface area contributed by atoms with Crippen molar-refractivity contribution in [1.82, 2.24) is 21.1 Å². The zero-order chi connectivity index (χ0) is 18.9. The Balaban J connectivity index is 1.71. The number of hydrogen-bond acceptors (Lipinski definition) is 4. The van der Waals surface area contributed by atoms with Crippen LogP contribution in [0.25, 0.3) is 0 Å². The number of hydrazine groups is 1. The van der Waals surface area contributed by atoms with Crippen molar-refractivity contribution in [2.75, 3.05) is 19.6 Å². The third-order valence-corrected chi connectivity index (χ3v) is 3.88. The highest BCUT2D eigenvalue weighted by molar-refractivity contribution is 5.96. The van der Waals surface area contributed by atoms with E-state index in [0.29, 0.717) is 13.0 Å². The molecule has 1 aromatic carbocycles. The normalized spacial score (nSPS) is 14.3. The number of likely N-dealkylation sites (tertiary alicyclic amines) is 1. The van der Waals surface area contributed by atoms with E-state index < -0.39 is 30.1 Å². The fourth-order valence-corrected chi connectivity index (χ4v) is 2.50. The molecule has 0 aliphatic carbocycles. The molecular weight excluding hydrogens is 343 g/mol. The Labute approximate surface area is 150 Å². The average Bonchev–Trinajstić information content (AvgIpc) is 2.83. The first-order valence-electron chi connectivity index (χ1n) is 8.35. The Morgan fingerprint density at radius 2 is 1.77 bits per heavy atom. The van der Waals surface area contributed by atoms with Gasteiger partial charge in [-0.2, -0.15) is 0 Å². The molecule has 1 saturated heterocycles. The Bertz CT molecular complexity index is 695. The van der Waals surface area contributed by atoms with Gasteiger partial charge in [0.1, 0.15) is 12.4 Å². The monoisotopic (exact) mass is 364 g/mol. The van der Waals surface area contributed by atoms with Gasteiger partial charge >= 0.3 is 0 Å². The largest absolute Gasteiger partial charge is 0.343 e. The zero-order valence-corrected chi connectivity index (χ0v) is 14.2. The molecule has 0 radical (unpaired) electrons. The molecule has 1 aliphatic rings. The molecular formula is C17H21FN4O4. The van der Waals surface area contributed by atoms with Gasteiger partial charge in [-0.1, -0.05) is 18.6 Å². The third kappa shape index (κ3) is 5.83. The van der Waals surface area contributed by atoms with Crippen LogP contribution < -0.4 is 16.2 Å². The Morgan fingerprint density at radius 1 is 1.04 bits per heavy atom. The van der Waals surface area contributed by atoms with E-state index in [1.807, 2.05) is 0 Å². The van der Waals surface area contributed by atoms with E-state index in [2.05, 4.69) is 16.2 Å². The minimum Gasteiger partial charge on any atom is -0.343 e. The summed E-state index contributed by atoms with van der Waals surface area (Å²) in [5.41, 5.74) is 4.15. The van der Waals surface area contributed by atoms with Crippen LogP contribution in [0.5, 0.6) is 0 Å². The van der Waals surface area contributed by atoms with Gasteiger partial charge in [0.25, 0.3) is 17.7 Å². The van der Waals surface area contributed by atoms with Crippen LogP contribution in [0.3, 0.4) is 0 Å².